The van der Waals surface area contributed by atoms with E-state index in [-0.39, 0.29) is 23.3 Å². The molecule has 3 aromatic rings. The molecule has 1 aliphatic carbocycles. The Morgan fingerprint density at radius 2 is 2.10 bits per heavy atom. The summed E-state index contributed by atoms with van der Waals surface area (Å²) in [5.74, 6) is 0.490. The molecular weight excluding hydrogens is 461 g/mol. The standard InChI is InChI=1S/C20H21ClFN5O2S2/c21-15-11-30-16(25-15)10-23-18-13-3-1-4-14(22)17(13)26-19(27-18)24-12-5-8-31(28,29)20(9-12)6-2-7-20/h1,3-4,11-12H,2,5-10H2,(H2,23,24,26,27). The van der Waals surface area contributed by atoms with Crippen molar-refractivity contribution in [3.05, 3.63) is 39.6 Å². The van der Waals surface area contributed by atoms with Gasteiger partial charge in [0.1, 0.15) is 27.3 Å². The fraction of sp³-hybridized carbons (Fsp3) is 0.450. The van der Waals surface area contributed by atoms with E-state index in [1.165, 1.54) is 17.4 Å². The van der Waals surface area contributed by atoms with Gasteiger partial charge in [-0.15, -0.1) is 11.3 Å². The van der Waals surface area contributed by atoms with Crippen molar-refractivity contribution in [2.24, 2.45) is 0 Å². The minimum absolute atomic E-state index is 0.0707. The van der Waals surface area contributed by atoms with Crippen LogP contribution in [0.4, 0.5) is 16.2 Å². The van der Waals surface area contributed by atoms with Crippen LogP contribution in [-0.2, 0) is 16.4 Å². The molecule has 2 N–H and O–H groups in total. The lowest BCUT2D eigenvalue weighted by molar-refractivity contribution is 0.289. The summed E-state index contributed by atoms with van der Waals surface area (Å²) in [6.07, 6.45) is 3.39. The molecule has 7 nitrogen and oxygen atoms in total. The molecule has 0 amide bonds. The summed E-state index contributed by atoms with van der Waals surface area (Å²) in [6, 6.07) is 4.67. The van der Waals surface area contributed by atoms with Crippen LogP contribution in [0.5, 0.6) is 0 Å². The van der Waals surface area contributed by atoms with Gasteiger partial charge in [-0.3, -0.25) is 0 Å². The van der Waals surface area contributed by atoms with Gasteiger partial charge in [0, 0.05) is 16.8 Å². The fourth-order valence-electron chi connectivity index (χ4n) is 4.43. The highest BCUT2D eigenvalue weighted by Crippen LogP contribution is 2.47. The number of sulfone groups is 1. The number of thiazole rings is 1. The van der Waals surface area contributed by atoms with E-state index in [1.807, 2.05) is 0 Å². The predicted octanol–water partition coefficient (Wildman–Crippen LogP) is 4.40. The van der Waals surface area contributed by atoms with E-state index in [1.54, 1.807) is 17.5 Å². The normalized spacial score (nSPS) is 21.7. The molecule has 5 rings (SSSR count). The van der Waals surface area contributed by atoms with Gasteiger partial charge >= 0.3 is 0 Å². The maximum Gasteiger partial charge on any atom is 0.225 e. The number of aromatic nitrogens is 3. The number of nitrogens with one attached hydrogen (secondary N) is 2. The van der Waals surface area contributed by atoms with E-state index in [9.17, 15) is 12.8 Å². The van der Waals surface area contributed by atoms with Crippen LogP contribution in [0.25, 0.3) is 10.9 Å². The third kappa shape index (κ3) is 3.85. The first kappa shape index (κ1) is 20.8. The van der Waals surface area contributed by atoms with Crippen LogP contribution in [0.1, 0.15) is 37.1 Å². The highest BCUT2D eigenvalue weighted by atomic mass is 35.5. The zero-order valence-electron chi connectivity index (χ0n) is 16.6. The number of benzene rings is 1. The Morgan fingerprint density at radius 1 is 1.26 bits per heavy atom. The maximum atomic E-state index is 14.5. The summed E-state index contributed by atoms with van der Waals surface area (Å²) in [5.41, 5.74) is 0.210. The van der Waals surface area contributed by atoms with Crippen LogP contribution in [0.15, 0.2) is 23.6 Å². The average molecular weight is 482 g/mol. The van der Waals surface area contributed by atoms with Crippen molar-refractivity contribution in [2.45, 2.75) is 49.4 Å². The molecule has 1 unspecified atom stereocenters. The molecule has 1 atom stereocenters. The highest BCUT2D eigenvalue weighted by Gasteiger charge is 2.52. The van der Waals surface area contributed by atoms with Crippen molar-refractivity contribution >= 4 is 55.4 Å². The first-order valence-corrected chi connectivity index (χ1v) is 13.1. The molecule has 1 saturated carbocycles. The number of para-hydroxylation sites is 1. The zero-order valence-corrected chi connectivity index (χ0v) is 19.0. The van der Waals surface area contributed by atoms with E-state index in [0.29, 0.717) is 48.6 Å². The van der Waals surface area contributed by atoms with Crippen LogP contribution in [0.3, 0.4) is 0 Å². The third-order valence-corrected chi connectivity index (χ3v) is 10.1. The molecule has 1 aromatic carbocycles. The molecule has 164 valence electrons. The Bertz CT molecular complexity index is 1250. The number of hydrogen-bond acceptors (Lipinski definition) is 8. The van der Waals surface area contributed by atoms with Crippen LogP contribution >= 0.6 is 22.9 Å². The summed E-state index contributed by atoms with van der Waals surface area (Å²) in [5, 5.41) is 10.0. The second-order valence-corrected chi connectivity index (χ2v) is 12.0. The van der Waals surface area contributed by atoms with E-state index >= 15 is 0 Å². The molecule has 0 bridgehead atoms. The summed E-state index contributed by atoms with van der Waals surface area (Å²) >= 11 is 7.32. The molecule has 2 aliphatic rings. The quantitative estimate of drug-likeness (QED) is 0.557. The average Bonchev–Trinajstić information content (AvgIpc) is 3.12. The first-order valence-electron chi connectivity index (χ1n) is 10.1. The lowest BCUT2D eigenvalue weighted by Crippen LogP contribution is -2.53. The van der Waals surface area contributed by atoms with Crippen LogP contribution in [0, 0.1) is 5.82 Å². The minimum atomic E-state index is -3.07. The Morgan fingerprint density at radius 3 is 2.81 bits per heavy atom. The van der Waals surface area contributed by atoms with Gasteiger partial charge in [-0.05, 0) is 37.8 Å². The van der Waals surface area contributed by atoms with Crippen molar-refractivity contribution in [3.8, 4) is 0 Å². The van der Waals surface area contributed by atoms with Crippen molar-refractivity contribution in [1.82, 2.24) is 15.0 Å². The van der Waals surface area contributed by atoms with E-state index in [2.05, 4.69) is 25.6 Å². The molecule has 3 heterocycles. The van der Waals surface area contributed by atoms with Crippen LogP contribution in [-0.4, -0.2) is 39.9 Å². The topological polar surface area (TPSA) is 96.9 Å². The van der Waals surface area contributed by atoms with Crippen molar-refractivity contribution < 1.29 is 12.8 Å². The highest BCUT2D eigenvalue weighted by molar-refractivity contribution is 7.92. The SMILES string of the molecule is O=S1(=O)CCC(Nc2nc(NCc3nc(Cl)cs3)c3cccc(F)c3n2)CC12CCC2. The smallest absolute Gasteiger partial charge is 0.225 e. The van der Waals surface area contributed by atoms with Gasteiger partial charge < -0.3 is 10.6 Å². The van der Waals surface area contributed by atoms with Gasteiger partial charge in [0.15, 0.2) is 9.84 Å². The van der Waals surface area contributed by atoms with Crippen molar-refractivity contribution in [1.29, 1.82) is 0 Å². The molecule has 2 aromatic heterocycles. The molecule has 2 fully saturated rings. The van der Waals surface area contributed by atoms with Crippen molar-refractivity contribution in [2.75, 3.05) is 16.4 Å². The van der Waals surface area contributed by atoms with Gasteiger partial charge in [0.05, 0.1) is 17.0 Å². The number of hydrogen-bond donors (Lipinski definition) is 2. The Hall–Kier alpha value is -2.04. The molecule has 0 radical (unpaired) electrons. The molecule has 1 saturated heterocycles. The Labute approximate surface area is 188 Å². The number of anilines is 2. The van der Waals surface area contributed by atoms with E-state index in [4.69, 9.17) is 11.6 Å². The minimum Gasteiger partial charge on any atom is -0.363 e. The van der Waals surface area contributed by atoms with Crippen LogP contribution < -0.4 is 10.6 Å². The predicted molar refractivity (Wildman–Crippen MR) is 121 cm³/mol. The molecule has 11 heteroatoms. The van der Waals surface area contributed by atoms with Gasteiger partial charge in [-0.2, -0.15) is 4.98 Å². The lowest BCUT2D eigenvalue weighted by atomic mass is 9.79. The Kier molecular flexibility index (Phi) is 5.26. The van der Waals surface area contributed by atoms with E-state index in [0.717, 1.165) is 11.4 Å². The summed E-state index contributed by atoms with van der Waals surface area (Å²) in [6.45, 7) is 0.393. The van der Waals surface area contributed by atoms with Gasteiger partial charge in [-0.1, -0.05) is 24.1 Å². The number of rotatable bonds is 5. The summed E-state index contributed by atoms with van der Waals surface area (Å²) in [4.78, 5) is 13.2. The second kappa shape index (κ2) is 7.83. The second-order valence-electron chi connectivity index (χ2n) is 8.14. The van der Waals surface area contributed by atoms with E-state index < -0.39 is 20.4 Å². The third-order valence-electron chi connectivity index (χ3n) is 6.22. The Balaban J connectivity index is 1.43. The summed E-state index contributed by atoms with van der Waals surface area (Å²) in [7, 11) is -3.07. The molecule has 1 aliphatic heterocycles. The zero-order chi connectivity index (χ0) is 21.6. The first-order chi connectivity index (χ1) is 14.9. The molecule has 1 spiro atoms. The maximum absolute atomic E-state index is 14.5. The van der Waals surface area contributed by atoms with Gasteiger partial charge in [-0.25, -0.2) is 22.8 Å². The summed E-state index contributed by atoms with van der Waals surface area (Å²) < 4.78 is 39.0. The largest absolute Gasteiger partial charge is 0.363 e. The van der Waals surface area contributed by atoms with Gasteiger partial charge in [0.2, 0.25) is 5.95 Å². The number of nitrogens with zero attached hydrogens (tertiary/aromatic N) is 3. The van der Waals surface area contributed by atoms with Crippen LogP contribution in [0.2, 0.25) is 5.15 Å². The number of fused-ring (bicyclic) bond motifs is 1. The van der Waals surface area contributed by atoms with Gasteiger partial charge in [0.25, 0.3) is 0 Å². The van der Waals surface area contributed by atoms with Crippen molar-refractivity contribution in [3.63, 3.8) is 0 Å². The molecule has 31 heavy (non-hydrogen) atoms. The number of halogens is 2. The molecular formula is C20H21ClFN5O2S2. The fourth-order valence-corrected chi connectivity index (χ4v) is 7.70. The monoisotopic (exact) mass is 481 g/mol. The lowest BCUT2D eigenvalue weighted by Gasteiger charge is -2.46.